The highest BCUT2D eigenvalue weighted by Gasteiger charge is 2.30. The molecule has 1 aliphatic rings. The van der Waals surface area contributed by atoms with Crippen molar-refractivity contribution in [1.29, 1.82) is 0 Å². The lowest BCUT2D eigenvalue weighted by Gasteiger charge is -2.31. The molecule has 0 radical (unpaired) electrons. The second-order valence-corrected chi connectivity index (χ2v) is 4.33. The number of aliphatic hydroxyl groups is 1. The van der Waals surface area contributed by atoms with E-state index in [0.29, 0.717) is 6.42 Å². The van der Waals surface area contributed by atoms with E-state index in [0.717, 1.165) is 0 Å². The Hall–Kier alpha value is -0.210. The minimum absolute atomic E-state index is 0.0716. The van der Waals surface area contributed by atoms with Crippen LogP contribution in [0.15, 0.2) is 0 Å². The Balaban J connectivity index is 2.52. The van der Waals surface area contributed by atoms with Crippen molar-refractivity contribution < 1.29 is 22.8 Å². The van der Waals surface area contributed by atoms with Crippen molar-refractivity contribution in [3.05, 3.63) is 0 Å². The highest BCUT2D eigenvalue weighted by molar-refractivity contribution is 7.83. The first kappa shape index (κ1) is 10.9. The van der Waals surface area contributed by atoms with Gasteiger partial charge in [-0.15, -0.1) is 0 Å². The smallest absolute Gasteiger partial charge is 0.333 e. The molecule has 0 aliphatic carbocycles. The summed E-state index contributed by atoms with van der Waals surface area (Å²) in [7, 11) is -4.26. The fourth-order valence-corrected chi connectivity index (χ4v) is 1.86. The minimum Gasteiger partial charge on any atom is -0.391 e. The molecule has 0 aromatic heterocycles. The largest absolute Gasteiger partial charge is 0.391 e. The van der Waals surface area contributed by atoms with Crippen molar-refractivity contribution in [1.82, 2.24) is 4.72 Å². The van der Waals surface area contributed by atoms with E-state index in [-0.39, 0.29) is 12.7 Å². The summed E-state index contributed by atoms with van der Waals surface area (Å²) in [5.74, 6) is 0. The fourth-order valence-electron chi connectivity index (χ4n) is 1.26. The van der Waals surface area contributed by atoms with Crippen LogP contribution in [0.3, 0.4) is 0 Å². The fraction of sp³-hybridized carbons (Fsp3) is 1.00. The molecule has 3 N–H and O–H groups in total. The standard InChI is InChI=1S/C6H13NO5S/c1-4-2-6(8)5(3-12-4)7-13(9,10)11/h4-8H,2-3H2,1H3,(H,9,10,11). The Labute approximate surface area is 76.8 Å². The van der Waals surface area contributed by atoms with Crippen molar-refractivity contribution in [2.75, 3.05) is 6.61 Å². The lowest BCUT2D eigenvalue weighted by Crippen LogP contribution is -2.50. The molecule has 78 valence electrons. The Kier molecular flexibility index (Phi) is 3.25. The number of ether oxygens (including phenoxy) is 1. The third-order valence-corrected chi connectivity index (χ3v) is 2.50. The molecule has 0 spiro atoms. The van der Waals surface area contributed by atoms with Gasteiger partial charge in [0.15, 0.2) is 0 Å². The zero-order valence-corrected chi connectivity index (χ0v) is 7.99. The van der Waals surface area contributed by atoms with Gasteiger partial charge in [0, 0.05) is 6.42 Å². The average Bonchev–Trinajstić information content (AvgIpc) is 1.93. The zero-order chi connectivity index (χ0) is 10.1. The molecule has 1 saturated heterocycles. The SMILES string of the molecule is CC1CC(O)C(NS(=O)(=O)O)CO1. The molecule has 0 aromatic carbocycles. The number of aliphatic hydroxyl groups excluding tert-OH is 1. The molecule has 3 atom stereocenters. The van der Waals surface area contributed by atoms with E-state index in [4.69, 9.17) is 9.29 Å². The summed E-state index contributed by atoms with van der Waals surface area (Å²) >= 11 is 0. The Morgan fingerprint density at radius 1 is 1.54 bits per heavy atom. The lowest BCUT2D eigenvalue weighted by atomic mass is 10.0. The molecule has 0 bridgehead atoms. The molecule has 13 heavy (non-hydrogen) atoms. The maximum absolute atomic E-state index is 10.4. The molecule has 1 rings (SSSR count). The van der Waals surface area contributed by atoms with Gasteiger partial charge in [0.1, 0.15) is 0 Å². The Morgan fingerprint density at radius 3 is 2.62 bits per heavy atom. The van der Waals surface area contributed by atoms with Crippen LogP contribution >= 0.6 is 0 Å². The average molecular weight is 211 g/mol. The minimum atomic E-state index is -4.26. The van der Waals surface area contributed by atoms with Crippen LogP contribution in [0.4, 0.5) is 0 Å². The molecule has 7 heteroatoms. The van der Waals surface area contributed by atoms with Crippen molar-refractivity contribution >= 4 is 10.3 Å². The van der Waals surface area contributed by atoms with Crippen molar-refractivity contribution in [3.8, 4) is 0 Å². The molecular formula is C6H13NO5S. The van der Waals surface area contributed by atoms with Gasteiger partial charge in [-0.1, -0.05) is 0 Å². The molecule has 6 nitrogen and oxygen atoms in total. The summed E-state index contributed by atoms with van der Waals surface area (Å²) in [5.41, 5.74) is 0. The first-order valence-electron chi connectivity index (χ1n) is 3.93. The van der Waals surface area contributed by atoms with E-state index >= 15 is 0 Å². The van der Waals surface area contributed by atoms with Crippen LogP contribution in [0, 0.1) is 0 Å². The van der Waals surface area contributed by atoms with Gasteiger partial charge in [-0.3, -0.25) is 4.55 Å². The second-order valence-electron chi connectivity index (χ2n) is 3.15. The third kappa shape index (κ3) is 3.57. The number of hydrogen-bond acceptors (Lipinski definition) is 4. The van der Waals surface area contributed by atoms with E-state index < -0.39 is 22.4 Å². The molecule has 1 fully saturated rings. The van der Waals surface area contributed by atoms with E-state index in [9.17, 15) is 13.5 Å². The van der Waals surface area contributed by atoms with Crippen molar-refractivity contribution in [2.45, 2.75) is 31.6 Å². The Morgan fingerprint density at radius 2 is 2.15 bits per heavy atom. The van der Waals surface area contributed by atoms with Gasteiger partial charge in [-0.05, 0) is 6.92 Å². The van der Waals surface area contributed by atoms with Gasteiger partial charge in [0.05, 0.1) is 24.9 Å². The number of nitrogens with one attached hydrogen (secondary N) is 1. The molecule has 1 aliphatic heterocycles. The maximum atomic E-state index is 10.4. The summed E-state index contributed by atoms with van der Waals surface area (Å²) in [6.07, 6.45) is -0.548. The Bertz CT molecular complexity index is 264. The number of hydrogen-bond donors (Lipinski definition) is 3. The van der Waals surface area contributed by atoms with Crippen LogP contribution < -0.4 is 4.72 Å². The molecular weight excluding hydrogens is 198 g/mol. The highest BCUT2D eigenvalue weighted by Crippen LogP contribution is 2.14. The van der Waals surface area contributed by atoms with Gasteiger partial charge in [-0.25, -0.2) is 0 Å². The van der Waals surface area contributed by atoms with Gasteiger partial charge in [0.25, 0.3) is 0 Å². The van der Waals surface area contributed by atoms with E-state index in [1.807, 2.05) is 4.72 Å². The van der Waals surface area contributed by atoms with Crippen LogP contribution in [0.25, 0.3) is 0 Å². The van der Waals surface area contributed by atoms with Gasteiger partial charge in [-0.2, -0.15) is 13.1 Å². The van der Waals surface area contributed by atoms with Crippen LogP contribution in [-0.2, 0) is 15.0 Å². The molecule has 0 amide bonds. The maximum Gasteiger partial charge on any atom is 0.333 e. The molecule has 0 aromatic rings. The summed E-state index contributed by atoms with van der Waals surface area (Å²) in [4.78, 5) is 0. The predicted molar refractivity (Wildman–Crippen MR) is 44.5 cm³/mol. The normalized spacial score (nSPS) is 36.1. The summed E-state index contributed by atoms with van der Waals surface area (Å²) in [6, 6.07) is -0.758. The highest BCUT2D eigenvalue weighted by atomic mass is 32.2. The monoisotopic (exact) mass is 211 g/mol. The van der Waals surface area contributed by atoms with Gasteiger partial charge >= 0.3 is 10.3 Å². The summed E-state index contributed by atoms with van der Waals surface area (Å²) in [6.45, 7) is 1.86. The van der Waals surface area contributed by atoms with Crippen molar-refractivity contribution in [3.63, 3.8) is 0 Å². The van der Waals surface area contributed by atoms with E-state index in [2.05, 4.69) is 0 Å². The summed E-state index contributed by atoms with van der Waals surface area (Å²) < 4.78 is 36.2. The first-order valence-corrected chi connectivity index (χ1v) is 5.37. The van der Waals surface area contributed by atoms with Gasteiger partial charge in [0.2, 0.25) is 0 Å². The quantitative estimate of drug-likeness (QED) is 0.505. The topological polar surface area (TPSA) is 95.9 Å². The third-order valence-electron chi connectivity index (χ3n) is 1.90. The van der Waals surface area contributed by atoms with Crippen LogP contribution in [0.2, 0.25) is 0 Å². The number of rotatable bonds is 2. The zero-order valence-electron chi connectivity index (χ0n) is 7.17. The van der Waals surface area contributed by atoms with Crippen LogP contribution in [0.5, 0.6) is 0 Å². The second kappa shape index (κ2) is 3.89. The van der Waals surface area contributed by atoms with Gasteiger partial charge < -0.3 is 9.84 Å². The summed E-state index contributed by atoms with van der Waals surface area (Å²) in [5, 5.41) is 9.38. The molecule has 0 saturated carbocycles. The van der Waals surface area contributed by atoms with Crippen LogP contribution in [-0.4, -0.2) is 42.9 Å². The van der Waals surface area contributed by atoms with Crippen molar-refractivity contribution in [2.24, 2.45) is 0 Å². The lowest BCUT2D eigenvalue weighted by molar-refractivity contribution is -0.0527. The molecule has 1 heterocycles. The van der Waals surface area contributed by atoms with Crippen LogP contribution in [0.1, 0.15) is 13.3 Å². The molecule has 3 unspecified atom stereocenters. The first-order chi connectivity index (χ1) is 5.88. The van der Waals surface area contributed by atoms with E-state index in [1.165, 1.54) is 0 Å². The predicted octanol–water partition coefficient (Wildman–Crippen LogP) is -1.08. The van der Waals surface area contributed by atoms with E-state index in [1.54, 1.807) is 6.92 Å².